The number of carbonyl (C=O) groups excluding carboxylic acids is 1. The molecule has 1 atom stereocenters. The topological polar surface area (TPSA) is 84.2 Å². The second-order valence-corrected chi connectivity index (χ2v) is 5.05. The van der Waals surface area contributed by atoms with Gasteiger partial charge in [-0.3, -0.25) is 9.59 Å². The monoisotopic (exact) mass is 301 g/mol. The van der Waals surface area contributed by atoms with Gasteiger partial charge in [0, 0.05) is 32.3 Å². The Morgan fingerprint density at radius 3 is 2.59 bits per heavy atom. The third-order valence-electron chi connectivity index (χ3n) is 3.35. The van der Waals surface area contributed by atoms with Crippen LogP contribution in [0.4, 0.5) is 0 Å². The third-order valence-corrected chi connectivity index (χ3v) is 3.35. The van der Waals surface area contributed by atoms with E-state index in [9.17, 15) is 9.59 Å². The summed E-state index contributed by atoms with van der Waals surface area (Å²) in [5.41, 5.74) is 0.934. The molecule has 0 radical (unpaired) electrons. The molecule has 0 aliphatic carbocycles. The van der Waals surface area contributed by atoms with E-state index < -0.39 is 5.97 Å². The molecule has 0 saturated carbocycles. The van der Waals surface area contributed by atoms with Crippen LogP contribution in [0.3, 0.4) is 0 Å². The quantitative estimate of drug-likeness (QED) is 0.818. The summed E-state index contributed by atoms with van der Waals surface area (Å²) in [4.78, 5) is 26.9. The Balaban J connectivity index is 2.11. The minimum atomic E-state index is -0.892. The van der Waals surface area contributed by atoms with Crippen molar-refractivity contribution in [2.24, 2.45) is 7.05 Å². The highest BCUT2D eigenvalue weighted by Gasteiger charge is 2.20. The summed E-state index contributed by atoms with van der Waals surface area (Å²) in [6, 6.07) is 9.23. The van der Waals surface area contributed by atoms with E-state index in [-0.39, 0.29) is 24.8 Å². The van der Waals surface area contributed by atoms with Gasteiger partial charge in [-0.25, -0.2) is 4.98 Å². The van der Waals surface area contributed by atoms with E-state index in [1.807, 2.05) is 48.1 Å². The zero-order chi connectivity index (χ0) is 15.9. The molecule has 2 rings (SSSR count). The molecule has 0 aliphatic rings. The Morgan fingerprint density at radius 2 is 2.00 bits per heavy atom. The second kappa shape index (κ2) is 7.40. The van der Waals surface area contributed by atoms with Crippen LogP contribution in [0.25, 0.3) is 0 Å². The number of aryl methyl sites for hydroxylation is 1. The van der Waals surface area contributed by atoms with Gasteiger partial charge in [-0.1, -0.05) is 30.3 Å². The summed E-state index contributed by atoms with van der Waals surface area (Å²) in [5, 5.41) is 11.6. The number of nitrogens with zero attached hydrogens (tertiary/aromatic N) is 2. The van der Waals surface area contributed by atoms with Gasteiger partial charge < -0.3 is 15.0 Å². The number of benzene rings is 1. The standard InChI is InChI=1S/C16H19N3O3/c1-19-11-10-17-16(19)15(12-6-3-2-4-7-12)18-13(20)8-5-9-14(21)22/h2-4,6-7,10-11,15H,5,8-9H2,1H3,(H,18,20)(H,21,22). The van der Waals surface area contributed by atoms with Crippen molar-refractivity contribution < 1.29 is 14.7 Å². The van der Waals surface area contributed by atoms with Crippen LogP contribution in [-0.4, -0.2) is 26.5 Å². The van der Waals surface area contributed by atoms with Gasteiger partial charge in [0.2, 0.25) is 5.91 Å². The number of hydrogen-bond acceptors (Lipinski definition) is 3. The first-order valence-corrected chi connectivity index (χ1v) is 7.11. The summed E-state index contributed by atoms with van der Waals surface area (Å²) < 4.78 is 1.86. The maximum atomic E-state index is 12.1. The van der Waals surface area contributed by atoms with Crippen LogP contribution >= 0.6 is 0 Å². The highest BCUT2D eigenvalue weighted by molar-refractivity contribution is 5.77. The number of rotatable bonds is 7. The fourth-order valence-corrected chi connectivity index (χ4v) is 2.23. The number of nitrogens with one attached hydrogen (secondary N) is 1. The van der Waals surface area contributed by atoms with Crippen molar-refractivity contribution in [2.45, 2.75) is 25.3 Å². The Hall–Kier alpha value is -2.63. The lowest BCUT2D eigenvalue weighted by atomic mass is 10.1. The first kappa shape index (κ1) is 15.8. The number of hydrogen-bond donors (Lipinski definition) is 2. The maximum Gasteiger partial charge on any atom is 0.303 e. The Bertz CT molecular complexity index is 637. The van der Waals surface area contributed by atoms with Gasteiger partial charge in [-0.15, -0.1) is 0 Å². The zero-order valence-corrected chi connectivity index (χ0v) is 12.4. The van der Waals surface area contributed by atoms with Gasteiger partial charge in [0.1, 0.15) is 11.9 Å². The molecule has 0 spiro atoms. The van der Waals surface area contributed by atoms with Gasteiger partial charge in [-0.2, -0.15) is 0 Å². The lowest BCUT2D eigenvalue weighted by Gasteiger charge is -2.19. The Kier molecular flexibility index (Phi) is 5.30. The van der Waals surface area contributed by atoms with Gasteiger partial charge >= 0.3 is 5.97 Å². The van der Waals surface area contributed by atoms with Crippen molar-refractivity contribution in [3.8, 4) is 0 Å². The number of carbonyl (C=O) groups is 2. The van der Waals surface area contributed by atoms with E-state index in [0.717, 1.165) is 11.4 Å². The number of carboxylic acid groups (broad SMARTS) is 1. The first-order chi connectivity index (χ1) is 10.6. The highest BCUT2D eigenvalue weighted by atomic mass is 16.4. The van der Waals surface area contributed by atoms with Crippen molar-refractivity contribution in [3.05, 3.63) is 54.1 Å². The largest absolute Gasteiger partial charge is 0.481 e. The predicted molar refractivity (Wildman–Crippen MR) is 81.1 cm³/mol. The molecule has 6 heteroatoms. The van der Waals surface area contributed by atoms with Crippen molar-refractivity contribution in [1.29, 1.82) is 0 Å². The molecule has 2 N–H and O–H groups in total. The maximum absolute atomic E-state index is 12.1. The van der Waals surface area contributed by atoms with Crippen molar-refractivity contribution in [1.82, 2.24) is 14.9 Å². The van der Waals surface area contributed by atoms with E-state index in [1.54, 1.807) is 6.20 Å². The minimum absolute atomic E-state index is 0.00811. The fourth-order valence-electron chi connectivity index (χ4n) is 2.23. The predicted octanol–water partition coefficient (Wildman–Crippen LogP) is 1.88. The SMILES string of the molecule is Cn1ccnc1C(NC(=O)CCCC(=O)O)c1ccccc1. The molecule has 1 aromatic carbocycles. The molecule has 1 heterocycles. The van der Waals surface area contributed by atoms with Gasteiger partial charge in [0.05, 0.1) is 0 Å². The second-order valence-electron chi connectivity index (χ2n) is 5.05. The molecular formula is C16H19N3O3. The smallest absolute Gasteiger partial charge is 0.303 e. The van der Waals surface area contributed by atoms with E-state index in [0.29, 0.717) is 6.42 Å². The van der Waals surface area contributed by atoms with Crippen LogP contribution in [0.15, 0.2) is 42.7 Å². The number of imidazole rings is 1. The Morgan fingerprint density at radius 1 is 1.27 bits per heavy atom. The minimum Gasteiger partial charge on any atom is -0.481 e. The summed E-state index contributed by atoms with van der Waals surface area (Å²) >= 11 is 0. The molecule has 22 heavy (non-hydrogen) atoms. The van der Waals surface area contributed by atoms with Crippen molar-refractivity contribution in [3.63, 3.8) is 0 Å². The molecule has 116 valence electrons. The van der Waals surface area contributed by atoms with Crippen LogP contribution in [-0.2, 0) is 16.6 Å². The molecule has 0 saturated heterocycles. The van der Waals surface area contributed by atoms with Crippen LogP contribution in [0.5, 0.6) is 0 Å². The van der Waals surface area contributed by atoms with Gasteiger partial charge in [-0.05, 0) is 12.0 Å². The van der Waals surface area contributed by atoms with Crippen LogP contribution in [0, 0.1) is 0 Å². The number of amides is 1. The summed E-state index contributed by atoms with van der Waals surface area (Å²) in [5.74, 6) is -0.340. The molecule has 6 nitrogen and oxygen atoms in total. The van der Waals surface area contributed by atoms with Crippen LogP contribution in [0.2, 0.25) is 0 Å². The first-order valence-electron chi connectivity index (χ1n) is 7.11. The van der Waals surface area contributed by atoms with E-state index >= 15 is 0 Å². The van der Waals surface area contributed by atoms with Gasteiger partial charge in [0.25, 0.3) is 0 Å². The van der Waals surface area contributed by atoms with E-state index in [2.05, 4.69) is 10.3 Å². The lowest BCUT2D eigenvalue weighted by Crippen LogP contribution is -2.31. The number of aliphatic carboxylic acids is 1. The molecule has 2 aromatic rings. The van der Waals surface area contributed by atoms with Crippen molar-refractivity contribution in [2.75, 3.05) is 0 Å². The average Bonchev–Trinajstić information content (AvgIpc) is 2.91. The summed E-state index contributed by atoms with van der Waals surface area (Å²) in [6.45, 7) is 0. The van der Waals surface area contributed by atoms with E-state index in [1.165, 1.54) is 0 Å². The average molecular weight is 301 g/mol. The fraction of sp³-hybridized carbons (Fsp3) is 0.312. The third kappa shape index (κ3) is 4.18. The van der Waals surface area contributed by atoms with Crippen LogP contribution < -0.4 is 5.32 Å². The van der Waals surface area contributed by atoms with Crippen LogP contribution in [0.1, 0.15) is 36.7 Å². The normalized spacial score (nSPS) is 11.9. The number of aromatic nitrogens is 2. The molecular weight excluding hydrogens is 282 g/mol. The molecule has 0 fully saturated rings. The molecule has 0 aliphatic heterocycles. The van der Waals surface area contributed by atoms with Crippen molar-refractivity contribution >= 4 is 11.9 Å². The highest BCUT2D eigenvalue weighted by Crippen LogP contribution is 2.20. The molecule has 0 bridgehead atoms. The molecule has 1 aromatic heterocycles. The lowest BCUT2D eigenvalue weighted by molar-refractivity contribution is -0.137. The summed E-state index contributed by atoms with van der Waals surface area (Å²) in [7, 11) is 1.87. The zero-order valence-electron chi connectivity index (χ0n) is 12.4. The van der Waals surface area contributed by atoms with E-state index in [4.69, 9.17) is 5.11 Å². The summed E-state index contributed by atoms with van der Waals surface area (Å²) in [6.07, 6.45) is 4.00. The number of carboxylic acids is 1. The molecule has 1 amide bonds. The molecule has 1 unspecified atom stereocenters. The Labute approximate surface area is 128 Å². The van der Waals surface area contributed by atoms with Gasteiger partial charge in [0.15, 0.2) is 0 Å².